The number of hydrogen-bond acceptors (Lipinski definition) is 4. The number of nitrogens with one attached hydrogen (secondary N) is 1. The van der Waals surface area contributed by atoms with Crippen LogP contribution in [0.4, 0.5) is 18.9 Å². The van der Waals surface area contributed by atoms with Gasteiger partial charge in [-0.05, 0) is 36.4 Å². The number of alkyl halides is 3. The molecule has 2 rings (SSSR count). The Balaban J connectivity index is 0.00000338. The highest BCUT2D eigenvalue weighted by Crippen LogP contribution is 2.24. The van der Waals surface area contributed by atoms with E-state index in [1.54, 1.807) is 18.3 Å². The monoisotopic (exact) mass is 502 g/mol. The molecule has 0 saturated carbocycles. The maximum absolute atomic E-state index is 12.1. The van der Waals surface area contributed by atoms with Crippen LogP contribution < -0.4 is 20.5 Å². The first-order chi connectivity index (χ1) is 11.8. The van der Waals surface area contributed by atoms with Crippen molar-refractivity contribution in [3.05, 3.63) is 47.6 Å². The number of nitrogens with two attached hydrogens (primary N) is 1. The number of halogens is 5. The minimum atomic E-state index is -4.73. The third-order valence-electron chi connectivity index (χ3n) is 2.70. The summed E-state index contributed by atoms with van der Waals surface area (Å²) >= 11 is 5.88. The number of benzene rings is 1. The van der Waals surface area contributed by atoms with Crippen molar-refractivity contribution < 1.29 is 22.6 Å². The molecule has 0 spiro atoms. The number of anilines is 1. The molecule has 11 heteroatoms. The SMILES string of the molecule is I.NC(=NCCOc1ncccc1Cl)Nc1ccc(OC(F)(F)F)cc1. The third-order valence-corrected chi connectivity index (χ3v) is 2.98. The lowest BCUT2D eigenvalue weighted by molar-refractivity contribution is -0.274. The predicted molar refractivity (Wildman–Crippen MR) is 103 cm³/mol. The van der Waals surface area contributed by atoms with Gasteiger partial charge in [-0.1, -0.05) is 11.6 Å². The molecular weight excluding hydrogens is 488 g/mol. The summed E-state index contributed by atoms with van der Waals surface area (Å²) in [7, 11) is 0. The maximum atomic E-state index is 12.1. The summed E-state index contributed by atoms with van der Waals surface area (Å²) in [6, 6.07) is 8.42. The molecule has 0 saturated heterocycles. The van der Waals surface area contributed by atoms with Gasteiger partial charge in [0.1, 0.15) is 17.4 Å². The first-order valence-corrected chi connectivity index (χ1v) is 7.37. The molecule has 0 bridgehead atoms. The van der Waals surface area contributed by atoms with Crippen molar-refractivity contribution in [2.45, 2.75) is 6.36 Å². The highest BCUT2D eigenvalue weighted by molar-refractivity contribution is 14.0. The second-order valence-corrected chi connectivity index (χ2v) is 5.01. The molecule has 0 fully saturated rings. The molecule has 0 aliphatic heterocycles. The molecule has 1 aromatic heterocycles. The summed E-state index contributed by atoms with van der Waals surface area (Å²) < 4.78 is 45.3. The average Bonchev–Trinajstić information content (AvgIpc) is 2.54. The Labute approximate surface area is 169 Å². The molecule has 0 atom stereocenters. The zero-order valence-electron chi connectivity index (χ0n) is 13.2. The zero-order chi connectivity index (χ0) is 18.3. The molecule has 142 valence electrons. The van der Waals surface area contributed by atoms with Gasteiger partial charge in [0, 0.05) is 11.9 Å². The molecule has 0 radical (unpaired) electrons. The summed E-state index contributed by atoms with van der Waals surface area (Å²) in [5.74, 6) is 0.0561. The Morgan fingerprint density at radius 1 is 1.23 bits per heavy atom. The van der Waals surface area contributed by atoms with Crippen LogP contribution in [0, 0.1) is 0 Å². The number of aromatic nitrogens is 1. The van der Waals surface area contributed by atoms with Gasteiger partial charge in [0.25, 0.3) is 0 Å². The van der Waals surface area contributed by atoms with Gasteiger partial charge < -0.3 is 20.5 Å². The molecule has 2 aromatic rings. The van der Waals surface area contributed by atoms with Gasteiger partial charge in [-0.15, -0.1) is 37.1 Å². The lowest BCUT2D eigenvalue weighted by Crippen LogP contribution is -2.23. The Bertz CT molecular complexity index is 730. The van der Waals surface area contributed by atoms with Crippen LogP contribution in [0.2, 0.25) is 5.02 Å². The first kappa shape index (κ1) is 22.1. The molecular formula is C15H15ClF3IN4O2. The molecule has 0 amide bonds. The van der Waals surface area contributed by atoms with Crippen molar-refractivity contribution in [2.24, 2.45) is 10.7 Å². The molecule has 0 aliphatic rings. The standard InChI is InChI=1S/C15H14ClF3N4O2.HI/c16-12-2-1-7-21-13(12)24-9-8-22-14(20)23-10-3-5-11(6-4-10)25-15(17,18)19;/h1-7H,8-9H2,(H3,20,22,23);1H. The van der Waals surface area contributed by atoms with Gasteiger partial charge in [0.2, 0.25) is 5.88 Å². The van der Waals surface area contributed by atoms with Crippen LogP contribution in [0.3, 0.4) is 0 Å². The van der Waals surface area contributed by atoms with Crippen LogP contribution in [-0.2, 0) is 0 Å². The van der Waals surface area contributed by atoms with Crippen LogP contribution in [0.1, 0.15) is 0 Å². The van der Waals surface area contributed by atoms with E-state index < -0.39 is 6.36 Å². The number of nitrogens with zero attached hydrogens (tertiary/aromatic N) is 2. The highest BCUT2D eigenvalue weighted by atomic mass is 127. The Morgan fingerprint density at radius 3 is 2.54 bits per heavy atom. The predicted octanol–water partition coefficient (Wildman–Crippen LogP) is 4.06. The van der Waals surface area contributed by atoms with E-state index in [4.69, 9.17) is 22.1 Å². The van der Waals surface area contributed by atoms with Crippen molar-refractivity contribution >= 4 is 47.2 Å². The summed E-state index contributed by atoms with van der Waals surface area (Å²) in [5, 5.41) is 3.12. The lowest BCUT2D eigenvalue weighted by Gasteiger charge is -2.10. The fourth-order valence-electron chi connectivity index (χ4n) is 1.71. The summed E-state index contributed by atoms with van der Waals surface area (Å²) in [5.41, 5.74) is 6.15. The van der Waals surface area contributed by atoms with Crippen LogP contribution in [0.5, 0.6) is 11.6 Å². The fraction of sp³-hybridized carbons (Fsp3) is 0.200. The van der Waals surface area contributed by atoms with E-state index in [-0.39, 0.29) is 48.8 Å². The van der Waals surface area contributed by atoms with Crippen LogP contribution in [0.25, 0.3) is 0 Å². The van der Waals surface area contributed by atoms with Gasteiger partial charge in [0.15, 0.2) is 5.96 Å². The quantitative estimate of drug-likeness (QED) is 0.270. The first-order valence-electron chi connectivity index (χ1n) is 6.99. The summed E-state index contributed by atoms with van der Waals surface area (Å²) in [6.45, 7) is 0.443. The normalized spacial score (nSPS) is 11.5. The van der Waals surface area contributed by atoms with Crippen LogP contribution in [-0.4, -0.2) is 30.5 Å². The number of rotatable bonds is 6. The van der Waals surface area contributed by atoms with Crippen molar-refractivity contribution in [1.29, 1.82) is 0 Å². The smallest absolute Gasteiger partial charge is 0.475 e. The van der Waals surface area contributed by atoms with Gasteiger partial charge in [0.05, 0.1) is 6.54 Å². The van der Waals surface area contributed by atoms with E-state index >= 15 is 0 Å². The van der Waals surface area contributed by atoms with Gasteiger partial charge in [-0.2, -0.15) is 0 Å². The average molecular weight is 503 g/mol. The molecule has 1 heterocycles. The van der Waals surface area contributed by atoms with Crippen LogP contribution in [0.15, 0.2) is 47.6 Å². The minimum Gasteiger partial charge on any atom is -0.475 e. The van der Waals surface area contributed by atoms with E-state index in [2.05, 4.69) is 20.0 Å². The largest absolute Gasteiger partial charge is 0.573 e. The van der Waals surface area contributed by atoms with E-state index in [0.29, 0.717) is 16.6 Å². The molecule has 1 aromatic carbocycles. The number of pyridine rings is 1. The number of aliphatic imine (C=N–C) groups is 1. The second-order valence-electron chi connectivity index (χ2n) is 4.60. The van der Waals surface area contributed by atoms with E-state index in [0.717, 1.165) is 12.1 Å². The van der Waals surface area contributed by atoms with E-state index in [1.807, 2.05) is 0 Å². The zero-order valence-corrected chi connectivity index (χ0v) is 16.3. The van der Waals surface area contributed by atoms with Gasteiger partial charge >= 0.3 is 6.36 Å². The topological polar surface area (TPSA) is 81.8 Å². The molecule has 26 heavy (non-hydrogen) atoms. The van der Waals surface area contributed by atoms with Crippen molar-refractivity contribution in [1.82, 2.24) is 4.98 Å². The number of hydrogen-bond donors (Lipinski definition) is 2. The van der Waals surface area contributed by atoms with Crippen LogP contribution >= 0.6 is 35.6 Å². The summed E-state index contributed by atoms with van der Waals surface area (Å²) in [6.07, 6.45) is -3.18. The number of ether oxygens (including phenoxy) is 2. The van der Waals surface area contributed by atoms with Crippen molar-refractivity contribution in [3.8, 4) is 11.6 Å². The van der Waals surface area contributed by atoms with Crippen molar-refractivity contribution in [3.63, 3.8) is 0 Å². The minimum absolute atomic E-state index is 0. The molecule has 3 N–H and O–H groups in total. The van der Waals surface area contributed by atoms with Gasteiger partial charge in [-0.3, -0.25) is 0 Å². The Hall–Kier alpha value is -1.95. The summed E-state index contributed by atoms with van der Waals surface area (Å²) in [4.78, 5) is 7.98. The molecule has 6 nitrogen and oxygen atoms in total. The Kier molecular flexibility index (Phi) is 8.72. The highest BCUT2D eigenvalue weighted by Gasteiger charge is 2.30. The molecule has 0 unspecified atom stereocenters. The van der Waals surface area contributed by atoms with E-state index in [1.165, 1.54) is 12.1 Å². The van der Waals surface area contributed by atoms with Gasteiger partial charge in [-0.25, -0.2) is 9.98 Å². The second kappa shape index (κ2) is 10.3. The lowest BCUT2D eigenvalue weighted by atomic mass is 10.3. The molecule has 0 aliphatic carbocycles. The Morgan fingerprint density at radius 2 is 1.92 bits per heavy atom. The third kappa shape index (κ3) is 7.95. The maximum Gasteiger partial charge on any atom is 0.573 e. The van der Waals surface area contributed by atoms with E-state index in [9.17, 15) is 13.2 Å². The fourth-order valence-corrected chi connectivity index (χ4v) is 1.89. The number of guanidine groups is 1. The van der Waals surface area contributed by atoms with Crippen molar-refractivity contribution in [2.75, 3.05) is 18.5 Å².